The van der Waals surface area contributed by atoms with Gasteiger partial charge >= 0.3 is 0 Å². The van der Waals surface area contributed by atoms with Crippen molar-refractivity contribution in [3.63, 3.8) is 0 Å². The Labute approximate surface area is 143 Å². The van der Waals surface area contributed by atoms with E-state index in [0.717, 1.165) is 23.4 Å². The summed E-state index contributed by atoms with van der Waals surface area (Å²) in [6, 6.07) is 14.8. The van der Waals surface area contributed by atoms with Crippen LogP contribution < -0.4 is 0 Å². The first-order valence-electron chi connectivity index (χ1n) is 7.53. The lowest BCUT2D eigenvalue weighted by molar-refractivity contribution is -0.384. The highest BCUT2D eigenvalue weighted by Crippen LogP contribution is 2.24. The van der Waals surface area contributed by atoms with Gasteiger partial charge in [-0.15, -0.1) is 5.10 Å². The summed E-state index contributed by atoms with van der Waals surface area (Å²) in [5, 5.41) is 18.6. The van der Waals surface area contributed by atoms with Crippen LogP contribution in [0.2, 0.25) is 0 Å². The second kappa shape index (κ2) is 7.27. The van der Waals surface area contributed by atoms with Crippen LogP contribution in [0.25, 0.3) is 11.4 Å². The molecule has 0 saturated heterocycles. The first-order valence-corrected chi connectivity index (χ1v) is 8.52. The number of nitro groups is 1. The zero-order valence-electron chi connectivity index (χ0n) is 13.1. The molecule has 0 saturated carbocycles. The second-order valence-electron chi connectivity index (χ2n) is 5.23. The number of rotatable bonds is 6. The van der Waals surface area contributed by atoms with Gasteiger partial charge in [0.2, 0.25) is 5.16 Å². The van der Waals surface area contributed by atoms with Crippen LogP contribution in [0.4, 0.5) is 5.69 Å². The van der Waals surface area contributed by atoms with Gasteiger partial charge in [0.15, 0.2) is 5.82 Å². The van der Waals surface area contributed by atoms with Gasteiger partial charge in [-0.3, -0.25) is 15.2 Å². The van der Waals surface area contributed by atoms with Crippen LogP contribution >= 0.6 is 11.8 Å². The molecule has 0 amide bonds. The summed E-state index contributed by atoms with van der Waals surface area (Å²) in [4.78, 5) is 14.9. The minimum Gasteiger partial charge on any atom is -0.258 e. The second-order valence-corrected chi connectivity index (χ2v) is 6.18. The Morgan fingerprint density at radius 2 is 1.96 bits per heavy atom. The molecule has 6 nitrogen and oxygen atoms in total. The summed E-state index contributed by atoms with van der Waals surface area (Å²) >= 11 is 1.44. The van der Waals surface area contributed by atoms with Crippen molar-refractivity contribution < 1.29 is 4.92 Å². The van der Waals surface area contributed by atoms with E-state index in [1.54, 1.807) is 12.1 Å². The van der Waals surface area contributed by atoms with E-state index in [-0.39, 0.29) is 10.6 Å². The van der Waals surface area contributed by atoms with Gasteiger partial charge in [0.1, 0.15) is 0 Å². The number of aromatic amines is 1. The summed E-state index contributed by atoms with van der Waals surface area (Å²) in [5.41, 5.74) is 3.23. The Kier molecular flexibility index (Phi) is 4.90. The van der Waals surface area contributed by atoms with Crippen molar-refractivity contribution in [1.82, 2.24) is 15.2 Å². The highest BCUT2D eigenvalue weighted by molar-refractivity contribution is 7.98. The van der Waals surface area contributed by atoms with E-state index in [2.05, 4.69) is 34.2 Å². The number of nitrogens with one attached hydrogen (secondary N) is 1. The van der Waals surface area contributed by atoms with E-state index in [9.17, 15) is 10.1 Å². The fourth-order valence-corrected chi connectivity index (χ4v) is 2.99. The number of hydrogen-bond donors (Lipinski definition) is 1. The van der Waals surface area contributed by atoms with Gasteiger partial charge in [-0.2, -0.15) is 0 Å². The fraction of sp³-hybridized carbons (Fsp3) is 0.176. The summed E-state index contributed by atoms with van der Waals surface area (Å²) in [6.07, 6.45) is 1.00. The van der Waals surface area contributed by atoms with E-state index >= 15 is 0 Å². The van der Waals surface area contributed by atoms with E-state index in [4.69, 9.17) is 0 Å². The Hall–Kier alpha value is -2.67. The maximum atomic E-state index is 10.8. The summed E-state index contributed by atoms with van der Waals surface area (Å²) in [5.74, 6) is 1.30. The Balaban J connectivity index is 1.67. The number of aryl methyl sites for hydroxylation is 1. The Bertz CT molecular complexity index is 846. The smallest absolute Gasteiger partial charge is 0.258 e. The summed E-state index contributed by atoms with van der Waals surface area (Å²) < 4.78 is 0. The third-order valence-electron chi connectivity index (χ3n) is 3.59. The molecule has 0 fully saturated rings. The molecule has 3 rings (SSSR count). The molecule has 0 unspecified atom stereocenters. The molecular formula is C17H16N4O2S. The van der Waals surface area contributed by atoms with Crippen LogP contribution in [-0.4, -0.2) is 20.1 Å². The molecular weight excluding hydrogens is 324 g/mol. The van der Waals surface area contributed by atoms with Crippen LogP contribution in [0.1, 0.15) is 18.1 Å². The molecule has 0 spiro atoms. The first-order chi connectivity index (χ1) is 11.7. The fourth-order valence-electron chi connectivity index (χ4n) is 2.25. The lowest BCUT2D eigenvalue weighted by Gasteiger charge is -1.99. The normalized spacial score (nSPS) is 10.7. The van der Waals surface area contributed by atoms with Crippen molar-refractivity contribution in [2.45, 2.75) is 24.3 Å². The van der Waals surface area contributed by atoms with Gasteiger partial charge in [-0.05, 0) is 17.5 Å². The van der Waals surface area contributed by atoms with E-state index in [1.165, 1.54) is 23.4 Å². The molecule has 0 radical (unpaired) electrons. The SMILES string of the molecule is CCc1ccc(-c2nc(SCc3cccc([N+](=O)[O-])c3)n[nH]2)cc1. The van der Waals surface area contributed by atoms with Crippen LogP contribution in [0.15, 0.2) is 53.7 Å². The molecule has 24 heavy (non-hydrogen) atoms. The predicted octanol–water partition coefficient (Wildman–Crippen LogP) is 4.23. The maximum absolute atomic E-state index is 10.8. The third-order valence-corrected chi connectivity index (χ3v) is 4.51. The van der Waals surface area contributed by atoms with Crippen LogP contribution in [0.3, 0.4) is 0 Å². The third kappa shape index (κ3) is 3.80. The molecule has 0 aliphatic heterocycles. The van der Waals surface area contributed by atoms with E-state index in [0.29, 0.717) is 10.9 Å². The number of benzene rings is 2. The van der Waals surface area contributed by atoms with E-state index in [1.807, 2.05) is 18.2 Å². The molecule has 7 heteroatoms. The Morgan fingerprint density at radius 1 is 1.17 bits per heavy atom. The van der Waals surface area contributed by atoms with Crippen molar-refractivity contribution >= 4 is 17.4 Å². The zero-order chi connectivity index (χ0) is 16.9. The molecule has 3 aromatic rings. The number of nitrogens with zero attached hydrogens (tertiary/aromatic N) is 3. The highest BCUT2D eigenvalue weighted by atomic mass is 32.2. The number of thioether (sulfide) groups is 1. The monoisotopic (exact) mass is 340 g/mol. The van der Waals surface area contributed by atoms with Gasteiger partial charge in [-0.25, -0.2) is 4.98 Å². The predicted molar refractivity (Wildman–Crippen MR) is 93.9 cm³/mol. The standard InChI is InChI=1S/C17H16N4O2S/c1-2-12-6-8-14(9-7-12)16-18-17(20-19-16)24-11-13-4-3-5-15(10-13)21(22)23/h3-10H,2,11H2,1H3,(H,18,19,20). The minimum atomic E-state index is -0.390. The Morgan fingerprint density at radius 3 is 2.67 bits per heavy atom. The summed E-state index contributed by atoms with van der Waals surface area (Å²) in [7, 11) is 0. The molecule has 2 aromatic carbocycles. The number of non-ortho nitro benzene ring substituents is 1. The van der Waals surface area contributed by atoms with Crippen LogP contribution in [0, 0.1) is 10.1 Å². The first kappa shape index (κ1) is 16.2. The molecule has 0 bridgehead atoms. The quantitative estimate of drug-likeness (QED) is 0.412. The molecule has 1 heterocycles. The molecule has 1 N–H and O–H groups in total. The van der Waals surface area contributed by atoms with Gasteiger partial charge in [0, 0.05) is 23.4 Å². The van der Waals surface area contributed by atoms with Gasteiger partial charge in [-0.1, -0.05) is 55.1 Å². The minimum absolute atomic E-state index is 0.0970. The largest absolute Gasteiger partial charge is 0.269 e. The molecule has 0 aliphatic carbocycles. The van der Waals surface area contributed by atoms with Crippen LogP contribution in [-0.2, 0) is 12.2 Å². The van der Waals surface area contributed by atoms with Crippen molar-refractivity contribution in [2.75, 3.05) is 0 Å². The van der Waals surface area contributed by atoms with Crippen molar-refractivity contribution in [3.8, 4) is 11.4 Å². The highest BCUT2D eigenvalue weighted by Gasteiger charge is 2.09. The molecule has 122 valence electrons. The maximum Gasteiger partial charge on any atom is 0.269 e. The molecule has 0 atom stereocenters. The van der Waals surface area contributed by atoms with Crippen molar-refractivity contribution in [3.05, 3.63) is 69.8 Å². The lowest BCUT2D eigenvalue weighted by Crippen LogP contribution is -1.89. The zero-order valence-corrected chi connectivity index (χ0v) is 13.9. The van der Waals surface area contributed by atoms with Crippen LogP contribution in [0.5, 0.6) is 0 Å². The topological polar surface area (TPSA) is 84.7 Å². The number of nitro benzene ring substituents is 1. The average molecular weight is 340 g/mol. The van der Waals surface area contributed by atoms with E-state index < -0.39 is 0 Å². The molecule has 0 aliphatic rings. The molecule has 1 aromatic heterocycles. The van der Waals surface area contributed by atoms with Gasteiger partial charge in [0.05, 0.1) is 4.92 Å². The average Bonchev–Trinajstić information content (AvgIpc) is 3.09. The van der Waals surface area contributed by atoms with Gasteiger partial charge in [0.25, 0.3) is 5.69 Å². The number of hydrogen-bond acceptors (Lipinski definition) is 5. The number of aromatic nitrogens is 3. The summed E-state index contributed by atoms with van der Waals surface area (Å²) in [6.45, 7) is 2.12. The van der Waals surface area contributed by atoms with Gasteiger partial charge < -0.3 is 0 Å². The van der Waals surface area contributed by atoms with Crippen molar-refractivity contribution in [2.24, 2.45) is 0 Å². The lowest BCUT2D eigenvalue weighted by atomic mass is 10.1. The van der Waals surface area contributed by atoms with Crippen molar-refractivity contribution in [1.29, 1.82) is 0 Å². The number of H-pyrrole nitrogens is 1.